The fourth-order valence-corrected chi connectivity index (χ4v) is 2.63. The molecule has 0 saturated heterocycles. The molecule has 1 aromatic heterocycles. The van der Waals surface area contributed by atoms with Crippen molar-refractivity contribution in [2.24, 2.45) is 0 Å². The Morgan fingerprint density at radius 2 is 2.38 bits per heavy atom. The first-order valence-corrected chi connectivity index (χ1v) is 6.99. The van der Waals surface area contributed by atoms with Crippen LogP contribution in [0.25, 0.3) is 0 Å². The molecule has 2 nitrogen and oxygen atoms in total. The van der Waals surface area contributed by atoms with Crippen molar-refractivity contribution in [3.05, 3.63) is 18.3 Å². The Labute approximate surface area is 107 Å². The van der Waals surface area contributed by atoms with Crippen LogP contribution in [0.1, 0.15) is 26.7 Å². The third-order valence-electron chi connectivity index (χ3n) is 2.03. The maximum atomic E-state index is 5.72. The Kier molecular flexibility index (Phi) is 6.65. The second kappa shape index (κ2) is 7.80. The largest absolute Gasteiger partial charge is 0.491 e. The van der Waals surface area contributed by atoms with Gasteiger partial charge in [0, 0.05) is 17.3 Å². The molecule has 0 aliphatic rings. The van der Waals surface area contributed by atoms with Gasteiger partial charge in [0.05, 0.1) is 6.61 Å². The van der Waals surface area contributed by atoms with E-state index in [1.54, 1.807) is 18.0 Å². The smallest absolute Gasteiger partial charge is 0.151 e. The van der Waals surface area contributed by atoms with Crippen molar-refractivity contribution >= 4 is 23.4 Å². The van der Waals surface area contributed by atoms with E-state index in [-0.39, 0.29) is 0 Å². The van der Waals surface area contributed by atoms with Crippen molar-refractivity contribution in [1.82, 2.24) is 4.98 Å². The molecule has 0 aromatic carbocycles. The van der Waals surface area contributed by atoms with Crippen LogP contribution >= 0.6 is 23.4 Å². The summed E-state index contributed by atoms with van der Waals surface area (Å²) in [4.78, 5) is 4.35. The number of rotatable bonds is 7. The number of alkyl halides is 1. The fraction of sp³-hybridized carbons (Fsp3) is 0.583. The van der Waals surface area contributed by atoms with Gasteiger partial charge in [-0.3, -0.25) is 0 Å². The van der Waals surface area contributed by atoms with Gasteiger partial charge in [0.15, 0.2) is 5.75 Å². The van der Waals surface area contributed by atoms with E-state index in [0.717, 1.165) is 30.2 Å². The molecule has 0 fully saturated rings. The number of nitrogens with zero attached hydrogens (tertiary/aromatic N) is 1. The van der Waals surface area contributed by atoms with Gasteiger partial charge in [0.1, 0.15) is 5.03 Å². The van der Waals surface area contributed by atoms with Crippen LogP contribution in [0.15, 0.2) is 23.4 Å². The molecule has 1 rings (SSSR count). The van der Waals surface area contributed by atoms with Crippen molar-refractivity contribution in [3.8, 4) is 5.75 Å². The highest BCUT2D eigenvalue weighted by Gasteiger charge is 2.09. The van der Waals surface area contributed by atoms with Gasteiger partial charge in [-0.2, -0.15) is 0 Å². The third kappa shape index (κ3) is 4.62. The van der Waals surface area contributed by atoms with Crippen molar-refractivity contribution in [2.45, 2.75) is 37.0 Å². The normalized spacial score (nSPS) is 12.4. The molecule has 16 heavy (non-hydrogen) atoms. The second-order valence-electron chi connectivity index (χ2n) is 3.56. The SMILES string of the molecule is CCCOc1cccnc1SC(C)CCCl. The summed E-state index contributed by atoms with van der Waals surface area (Å²) in [6.45, 7) is 4.99. The van der Waals surface area contributed by atoms with E-state index < -0.39 is 0 Å². The van der Waals surface area contributed by atoms with Gasteiger partial charge in [-0.25, -0.2) is 4.98 Å². The second-order valence-corrected chi connectivity index (χ2v) is 5.37. The Morgan fingerprint density at radius 1 is 1.56 bits per heavy atom. The number of ether oxygens (including phenoxy) is 1. The molecule has 0 amide bonds. The highest BCUT2D eigenvalue weighted by Crippen LogP contribution is 2.31. The Balaban J connectivity index is 2.62. The number of halogens is 1. The highest BCUT2D eigenvalue weighted by molar-refractivity contribution is 7.99. The molecule has 90 valence electrons. The van der Waals surface area contributed by atoms with Crippen LogP contribution in [0.4, 0.5) is 0 Å². The van der Waals surface area contributed by atoms with Gasteiger partial charge in [-0.15, -0.1) is 11.6 Å². The maximum Gasteiger partial charge on any atom is 0.151 e. The molecule has 4 heteroatoms. The van der Waals surface area contributed by atoms with Crippen LogP contribution in [-0.2, 0) is 0 Å². The summed E-state index contributed by atoms with van der Waals surface area (Å²) in [6, 6.07) is 3.87. The van der Waals surface area contributed by atoms with Gasteiger partial charge >= 0.3 is 0 Å². The Bertz CT molecular complexity index is 309. The maximum absolute atomic E-state index is 5.72. The molecular weight excluding hydrogens is 242 g/mol. The standard InChI is InChI=1S/C12H18ClNOS/c1-3-9-15-11-5-4-8-14-12(11)16-10(2)6-7-13/h4-5,8,10H,3,6-7,9H2,1-2H3. The van der Waals surface area contributed by atoms with Crippen LogP contribution < -0.4 is 4.74 Å². The zero-order valence-corrected chi connectivity index (χ0v) is 11.4. The van der Waals surface area contributed by atoms with E-state index >= 15 is 0 Å². The zero-order valence-electron chi connectivity index (χ0n) is 9.78. The molecule has 0 N–H and O–H groups in total. The first kappa shape index (κ1) is 13.7. The number of hydrogen-bond acceptors (Lipinski definition) is 3. The Hall–Kier alpha value is -0.410. The molecule has 0 saturated carbocycles. The van der Waals surface area contributed by atoms with E-state index in [2.05, 4.69) is 18.8 Å². The van der Waals surface area contributed by atoms with Gasteiger partial charge < -0.3 is 4.74 Å². The van der Waals surface area contributed by atoms with Crippen LogP contribution in [0.2, 0.25) is 0 Å². The molecule has 0 aliphatic heterocycles. The highest BCUT2D eigenvalue weighted by atomic mass is 35.5. The van der Waals surface area contributed by atoms with Crippen molar-refractivity contribution in [2.75, 3.05) is 12.5 Å². The van der Waals surface area contributed by atoms with Gasteiger partial charge in [0.25, 0.3) is 0 Å². The minimum atomic E-state index is 0.469. The third-order valence-corrected chi connectivity index (χ3v) is 3.41. The molecular formula is C12H18ClNOS. The lowest BCUT2D eigenvalue weighted by Crippen LogP contribution is -2.01. The van der Waals surface area contributed by atoms with E-state index in [1.165, 1.54) is 0 Å². The van der Waals surface area contributed by atoms with E-state index in [0.29, 0.717) is 11.1 Å². The molecule has 0 spiro atoms. The molecule has 0 radical (unpaired) electrons. The van der Waals surface area contributed by atoms with Crippen molar-refractivity contribution in [3.63, 3.8) is 0 Å². The number of pyridine rings is 1. The quantitative estimate of drug-likeness (QED) is 0.546. The monoisotopic (exact) mass is 259 g/mol. The summed E-state index contributed by atoms with van der Waals surface area (Å²) in [6.07, 6.45) is 3.79. The topological polar surface area (TPSA) is 22.1 Å². The lowest BCUT2D eigenvalue weighted by molar-refractivity contribution is 0.307. The van der Waals surface area contributed by atoms with Crippen LogP contribution in [0.5, 0.6) is 5.75 Å². The van der Waals surface area contributed by atoms with Crippen LogP contribution in [0.3, 0.4) is 0 Å². The summed E-state index contributed by atoms with van der Waals surface area (Å²) in [7, 11) is 0. The molecule has 1 heterocycles. The molecule has 1 aromatic rings. The summed E-state index contributed by atoms with van der Waals surface area (Å²) >= 11 is 7.45. The lowest BCUT2D eigenvalue weighted by atomic mass is 10.4. The first-order chi connectivity index (χ1) is 7.77. The molecule has 1 atom stereocenters. The van der Waals surface area contributed by atoms with E-state index in [4.69, 9.17) is 16.3 Å². The molecule has 1 unspecified atom stereocenters. The summed E-state index contributed by atoms with van der Waals surface area (Å²) < 4.78 is 5.65. The summed E-state index contributed by atoms with van der Waals surface area (Å²) in [5, 5.41) is 1.44. The number of aromatic nitrogens is 1. The molecule has 0 aliphatic carbocycles. The average molecular weight is 260 g/mol. The van der Waals surface area contributed by atoms with Crippen molar-refractivity contribution < 1.29 is 4.74 Å². The number of thioether (sulfide) groups is 1. The predicted octanol–water partition coefficient (Wildman–Crippen LogP) is 3.98. The van der Waals surface area contributed by atoms with Gasteiger partial charge in [-0.1, -0.05) is 25.6 Å². The van der Waals surface area contributed by atoms with Crippen LogP contribution in [-0.4, -0.2) is 22.7 Å². The van der Waals surface area contributed by atoms with Gasteiger partial charge in [0.2, 0.25) is 0 Å². The minimum absolute atomic E-state index is 0.469. The first-order valence-electron chi connectivity index (χ1n) is 5.58. The summed E-state index contributed by atoms with van der Waals surface area (Å²) in [5.74, 6) is 1.57. The predicted molar refractivity (Wildman–Crippen MR) is 70.7 cm³/mol. The van der Waals surface area contributed by atoms with Crippen molar-refractivity contribution in [1.29, 1.82) is 0 Å². The fourth-order valence-electron chi connectivity index (χ4n) is 1.19. The number of hydrogen-bond donors (Lipinski definition) is 0. The van der Waals surface area contributed by atoms with Gasteiger partial charge in [-0.05, 0) is 25.0 Å². The Morgan fingerprint density at radius 3 is 3.06 bits per heavy atom. The van der Waals surface area contributed by atoms with E-state index in [1.807, 2.05) is 12.1 Å². The molecule has 0 bridgehead atoms. The summed E-state index contributed by atoms with van der Waals surface area (Å²) in [5.41, 5.74) is 0. The lowest BCUT2D eigenvalue weighted by Gasteiger charge is -2.12. The van der Waals surface area contributed by atoms with E-state index in [9.17, 15) is 0 Å². The minimum Gasteiger partial charge on any atom is -0.491 e. The average Bonchev–Trinajstić information content (AvgIpc) is 2.28. The zero-order chi connectivity index (χ0) is 11.8. The van der Waals surface area contributed by atoms with Crippen LogP contribution in [0, 0.1) is 0 Å².